The van der Waals surface area contributed by atoms with E-state index in [0.29, 0.717) is 17.4 Å². The minimum absolute atomic E-state index is 0.173. The monoisotopic (exact) mass is 1290 g/mol. The van der Waals surface area contributed by atoms with Crippen LogP contribution in [0.5, 0.6) is 0 Å². The number of carbonyl (C=O) groups is 3. The molecule has 0 heterocycles. The van der Waals surface area contributed by atoms with E-state index < -0.39 is 24.3 Å². The first-order valence-electron chi connectivity index (χ1n) is 36.6. The van der Waals surface area contributed by atoms with E-state index in [1.807, 2.05) is 21.1 Å². The molecule has 522 valence electrons. The molecule has 0 saturated carbocycles. The fourth-order valence-corrected chi connectivity index (χ4v) is 9.34. The molecule has 2 atom stereocenters. The quantitative estimate of drug-likeness (QED) is 0.0211. The van der Waals surface area contributed by atoms with Crippen molar-refractivity contribution < 1.29 is 42.9 Å². The SMILES string of the molecule is CC/C=C\C/C=C\C/C=C\C/C=C\C/C=C\C/C=C\C/C=C\C/C=C\C/C=C\C/C=C\C/C=C\CCCCCCCC(=O)OC(COC(=O)CCCCCCCCCCCCCCC/C=C\C/C=C\C/C=C\C/C=C\C/C=C\CC)COC(OCC[N+](C)(C)C)C(=O)O. The van der Waals surface area contributed by atoms with Crippen LogP contribution in [0.3, 0.4) is 0 Å². The lowest BCUT2D eigenvalue weighted by molar-refractivity contribution is -0.870. The molecule has 0 aliphatic carbocycles. The normalized spacial score (nSPS) is 13.9. The molecule has 0 bridgehead atoms. The van der Waals surface area contributed by atoms with Crippen LogP contribution in [0.2, 0.25) is 0 Å². The van der Waals surface area contributed by atoms with E-state index in [1.165, 1.54) is 70.6 Å². The first kappa shape index (κ1) is 87.1. The zero-order chi connectivity index (χ0) is 67.5. The number of likely N-dealkylation sites (N-methyl/N-ethyl adjacent to an activating group) is 1. The lowest BCUT2D eigenvalue weighted by Crippen LogP contribution is -2.40. The third kappa shape index (κ3) is 73.4. The van der Waals surface area contributed by atoms with Gasteiger partial charge in [0, 0.05) is 12.8 Å². The summed E-state index contributed by atoms with van der Waals surface area (Å²) in [7, 11) is 5.96. The zero-order valence-corrected chi connectivity index (χ0v) is 59.6. The second kappa shape index (κ2) is 72.0. The summed E-state index contributed by atoms with van der Waals surface area (Å²) in [6.07, 6.45) is 108. The van der Waals surface area contributed by atoms with Crippen molar-refractivity contribution in [1.29, 1.82) is 0 Å². The molecule has 0 aliphatic heterocycles. The fraction of sp³-hybridized carbons (Fsp3) is 0.583. The predicted octanol–water partition coefficient (Wildman–Crippen LogP) is 23.4. The van der Waals surface area contributed by atoms with Crippen molar-refractivity contribution in [2.24, 2.45) is 0 Å². The van der Waals surface area contributed by atoms with Gasteiger partial charge in [0.2, 0.25) is 0 Å². The van der Waals surface area contributed by atoms with Crippen molar-refractivity contribution in [2.45, 2.75) is 270 Å². The molecule has 0 saturated heterocycles. The number of rotatable bonds is 65. The Hall–Kier alpha value is -5.87. The zero-order valence-electron chi connectivity index (χ0n) is 59.6. The second-order valence-corrected chi connectivity index (χ2v) is 24.8. The number of carboxylic acid groups (broad SMARTS) is 1. The van der Waals surface area contributed by atoms with Crippen LogP contribution in [0.25, 0.3) is 0 Å². The van der Waals surface area contributed by atoms with Crippen molar-refractivity contribution in [2.75, 3.05) is 47.5 Å². The Kier molecular flexibility index (Phi) is 67.4. The standard InChI is InChI=1S/C84H133NO8/c1-6-8-10-12-14-16-18-20-22-24-26-28-30-32-34-36-37-38-39-40-41-42-43-44-45-47-49-51-53-55-57-59-61-63-65-67-69-71-73-75-82(87)93-80(79-92-84(83(88)89)90-77-76-85(3,4)5)78-91-81(86)74-72-70-68-66-64-62-60-58-56-54-52-50-48-46-35-33-31-29-27-25-23-21-19-17-15-13-11-9-7-2/h8-11,14-17,20-23,26-29,32-35,37-38,40-41,43-44,47,49,53,55,59,61,80,84H,6-7,12-13,18-19,24-25,30-31,36,39,42,45-46,48,50-52,54,56-58,60,62-79H2,1-5H3/p+1/b10-8-,11-9-,16-14-,17-15-,22-20-,23-21-,28-26-,29-27-,34-32-,35-33-,38-37-,41-40-,44-43-,49-47-,55-53-,61-59-. The van der Waals surface area contributed by atoms with Crippen LogP contribution in [0.1, 0.15) is 258 Å². The lowest BCUT2D eigenvalue weighted by atomic mass is 10.0. The van der Waals surface area contributed by atoms with Gasteiger partial charge in [-0.25, -0.2) is 4.79 Å². The number of ether oxygens (including phenoxy) is 4. The molecule has 0 radical (unpaired) electrons. The summed E-state index contributed by atoms with van der Waals surface area (Å²) in [4.78, 5) is 37.7. The number of carboxylic acids is 1. The van der Waals surface area contributed by atoms with Gasteiger partial charge in [-0.15, -0.1) is 0 Å². The largest absolute Gasteiger partial charge is 0.477 e. The van der Waals surface area contributed by atoms with Crippen molar-refractivity contribution >= 4 is 17.9 Å². The number of esters is 2. The second-order valence-electron chi connectivity index (χ2n) is 24.8. The highest BCUT2D eigenvalue weighted by atomic mass is 16.7. The maximum absolute atomic E-state index is 13.0. The van der Waals surface area contributed by atoms with E-state index in [4.69, 9.17) is 18.9 Å². The number of unbranched alkanes of at least 4 members (excludes halogenated alkanes) is 18. The van der Waals surface area contributed by atoms with E-state index in [-0.39, 0.29) is 38.6 Å². The molecule has 0 aromatic heterocycles. The summed E-state index contributed by atoms with van der Waals surface area (Å²) >= 11 is 0. The van der Waals surface area contributed by atoms with Gasteiger partial charge in [-0.3, -0.25) is 9.59 Å². The molecule has 9 heteroatoms. The van der Waals surface area contributed by atoms with E-state index in [9.17, 15) is 19.5 Å². The van der Waals surface area contributed by atoms with Gasteiger partial charge in [-0.2, -0.15) is 0 Å². The highest BCUT2D eigenvalue weighted by molar-refractivity contribution is 5.71. The molecule has 2 unspecified atom stereocenters. The van der Waals surface area contributed by atoms with Crippen LogP contribution < -0.4 is 0 Å². The first-order valence-corrected chi connectivity index (χ1v) is 36.6. The fourth-order valence-electron chi connectivity index (χ4n) is 9.34. The molecule has 0 fully saturated rings. The Balaban J connectivity index is 4.22. The molecule has 9 nitrogen and oxygen atoms in total. The van der Waals surface area contributed by atoms with Crippen LogP contribution in [-0.4, -0.2) is 87.4 Å². The number of carbonyl (C=O) groups excluding carboxylic acids is 2. The molecule has 93 heavy (non-hydrogen) atoms. The number of hydrogen-bond donors (Lipinski definition) is 1. The van der Waals surface area contributed by atoms with E-state index >= 15 is 0 Å². The Morgan fingerprint density at radius 1 is 0.323 bits per heavy atom. The van der Waals surface area contributed by atoms with Gasteiger partial charge in [0.1, 0.15) is 13.2 Å². The van der Waals surface area contributed by atoms with Crippen molar-refractivity contribution in [3.05, 3.63) is 194 Å². The summed E-state index contributed by atoms with van der Waals surface area (Å²) in [5, 5.41) is 9.76. The number of hydrogen-bond acceptors (Lipinski definition) is 7. The summed E-state index contributed by atoms with van der Waals surface area (Å²) < 4.78 is 23.0. The smallest absolute Gasteiger partial charge is 0.361 e. The molecule has 0 amide bonds. The van der Waals surface area contributed by atoms with Gasteiger partial charge in [0.25, 0.3) is 6.29 Å². The molecule has 0 aromatic carbocycles. The van der Waals surface area contributed by atoms with E-state index in [2.05, 4.69) is 208 Å². The lowest BCUT2D eigenvalue weighted by Gasteiger charge is -2.25. The number of aliphatic carboxylic acids is 1. The van der Waals surface area contributed by atoms with Gasteiger partial charge >= 0.3 is 17.9 Å². The maximum Gasteiger partial charge on any atom is 0.361 e. The van der Waals surface area contributed by atoms with Crippen molar-refractivity contribution in [3.63, 3.8) is 0 Å². The van der Waals surface area contributed by atoms with Crippen LogP contribution in [0, 0.1) is 0 Å². The maximum atomic E-state index is 13.0. The Morgan fingerprint density at radius 3 is 0.860 bits per heavy atom. The highest BCUT2D eigenvalue weighted by Crippen LogP contribution is 2.16. The molecule has 0 aromatic rings. The third-order valence-corrected chi connectivity index (χ3v) is 14.8. The van der Waals surface area contributed by atoms with Gasteiger partial charge in [-0.05, 0) is 141 Å². The third-order valence-electron chi connectivity index (χ3n) is 14.8. The minimum Gasteiger partial charge on any atom is -0.477 e. The molecular weight excluding hydrogens is 1150 g/mol. The van der Waals surface area contributed by atoms with Gasteiger partial charge in [0.15, 0.2) is 6.10 Å². The van der Waals surface area contributed by atoms with Gasteiger partial charge < -0.3 is 28.5 Å². The van der Waals surface area contributed by atoms with E-state index in [0.717, 1.165) is 154 Å². The average molecular weight is 1290 g/mol. The van der Waals surface area contributed by atoms with Crippen molar-refractivity contribution in [3.8, 4) is 0 Å². The van der Waals surface area contributed by atoms with Crippen molar-refractivity contribution in [1.82, 2.24) is 0 Å². The summed E-state index contributed by atoms with van der Waals surface area (Å²) in [6, 6.07) is 0. The first-order chi connectivity index (χ1) is 45.6. The Labute approximate surface area is 570 Å². The minimum atomic E-state index is -1.53. The summed E-state index contributed by atoms with van der Waals surface area (Å²) in [6.45, 7) is 4.61. The van der Waals surface area contributed by atoms with Crippen LogP contribution in [-0.2, 0) is 33.3 Å². The summed E-state index contributed by atoms with van der Waals surface area (Å²) in [5.74, 6) is -2.05. The number of allylic oxidation sites excluding steroid dienone is 32. The average Bonchev–Trinajstić information content (AvgIpc) is 3.38. The molecule has 0 spiro atoms. The molecular formula is C84H134NO8+. The highest BCUT2D eigenvalue weighted by Gasteiger charge is 2.25. The molecule has 1 N–H and O–H groups in total. The van der Waals surface area contributed by atoms with Crippen LogP contribution >= 0.6 is 0 Å². The Morgan fingerprint density at radius 2 is 0.581 bits per heavy atom. The number of quaternary nitrogens is 1. The molecule has 0 aliphatic rings. The predicted molar refractivity (Wildman–Crippen MR) is 400 cm³/mol. The van der Waals surface area contributed by atoms with Crippen LogP contribution in [0.15, 0.2) is 194 Å². The van der Waals surface area contributed by atoms with Gasteiger partial charge in [-0.1, -0.05) is 298 Å². The Bertz CT molecular complexity index is 2230. The van der Waals surface area contributed by atoms with Gasteiger partial charge in [0.05, 0.1) is 34.4 Å². The molecule has 0 rings (SSSR count). The summed E-state index contributed by atoms with van der Waals surface area (Å²) in [5.41, 5.74) is 0. The van der Waals surface area contributed by atoms with Crippen LogP contribution in [0.4, 0.5) is 0 Å². The number of nitrogens with zero attached hydrogens (tertiary/aromatic N) is 1. The van der Waals surface area contributed by atoms with E-state index in [1.54, 1.807) is 0 Å². The topological polar surface area (TPSA) is 108 Å².